The molecule has 2 aromatic heterocycles. The molecule has 3 nitrogen and oxygen atoms in total. The zero-order valence-electron chi connectivity index (χ0n) is 14.1. The highest BCUT2D eigenvalue weighted by Gasteiger charge is 2.32. The summed E-state index contributed by atoms with van der Waals surface area (Å²) in [4.78, 5) is 3.18. The summed E-state index contributed by atoms with van der Waals surface area (Å²) in [5.74, 6) is 0. The van der Waals surface area contributed by atoms with Crippen molar-refractivity contribution in [3.05, 3.63) is 76.2 Å². The fourth-order valence-electron chi connectivity index (χ4n) is 3.32. The SMILES string of the molecule is FC(F)(F)c1cccc(NC(=S)N2CCn3cccc3[C@H]2c2cccs2)c1. The number of halogens is 3. The zero-order valence-corrected chi connectivity index (χ0v) is 15.7. The molecule has 1 aliphatic rings. The Kier molecular flexibility index (Phi) is 4.69. The molecule has 0 saturated carbocycles. The van der Waals surface area contributed by atoms with Gasteiger partial charge in [-0.3, -0.25) is 0 Å². The van der Waals surface area contributed by atoms with E-state index in [1.54, 1.807) is 17.4 Å². The van der Waals surface area contributed by atoms with E-state index >= 15 is 0 Å². The van der Waals surface area contributed by atoms with Crippen LogP contribution in [0.1, 0.15) is 22.2 Å². The largest absolute Gasteiger partial charge is 0.416 e. The van der Waals surface area contributed by atoms with Gasteiger partial charge in [0.15, 0.2) is 5.11 Å². The molecular weight excluding hydrogens is 391 g/mol. The lowest BCUT2D eigenvalue weighted by Crippen LogP contribution is -2.44. The van der Waals surface area contributed by atoms with Gasteiger partial charge in [-0.15, -0.1) is 11.3 Å². The Bertz CT molecular complexity index is 947. The number of fused-ring (bicyclic) bond motifs is 1. The maximum atomic E-state index is 13.0. The molecule has 1 aliphatic heterocycles. The molecule has 0 aliphatic carbocycles. The number of hydrogen-bond acceptors (Lipinski definition) is 2. The van der Waals surface area contributed by atoms with Crippen LogP contribution in [0, 0.1) is 0 Å². The summed E-state index contributed by atoms with van der Waals surface area (Å²) in [6, 6.07) is 13.2. The number of benzene rings is 1. The van der Waals surface area contributed by atoms with Gasteiger partial charge >= 0.3 is 6.18 Å². The molecule has 8 heteroatoms. The molecule has 1 aromatic carbocycles. The van der Waals surface area contributed by atoms with Gasteiger partial charge in [-0.2, -0.15) is 13.2 Å². The Labute approximate surface area is 164 Å². The summed E-state index contributed by atoms with van der Waals surface area (Å²) in [6.45, 7) is 1.45. The van der Waals surface area contributed by atoms with Crippen molar-refractivity contribution in [3.8, 4) is 0 Å². The molecule has 0 bridgehead atoms. The molecule has 0 saturated heterocycles. The minimum absolute atomic E-state index is 0.0560. The quantitative estimate of drug-likeness (QED) is 0.577. The first-order valence-electron chi connectivity index (χ1n) is 8.37. The number of rotatable bonds is 2. The van der Waals surface area contributed by atoms with Gasteiger partial charge in [-0.25, -0.2) is 0 Å². The van der Waals surface area contributed by atoms with Crippen molar-refractivity contribution in [2.75, 3.05) is 11.9 Å². The molecule has 0 amide bonds. The smallest absolute Gasteiger partial charge is 0.347 e. The Morgan fingerprint density at radius 3 is 2.70 bits per heavy atom. The lowest BCUT2D eigenvalue weighted by Gasteiger charge is -2.38. The van der Waals surface area contributed by atoms with Crippen molar-refractivity contribution in [1.82, 2.24) is 9.47 Å². The van der Waals surface area contributed by atoms with Crippen molar-refractivity contribution < 1.29 is 13.2 Å². The second-order valence-corrected chi connectivity index (χ2v) is 7.61. The molecule has 3 heterocycles. The molecule has 0 radical (unpaired) electrons. The van der Waals surface area contributed by atoms with Gasteiger partial charge < -0.3 is 14.8 Å². The number of aromatic nitrogens is 1. The number of hydrogen-bond donors (Lipinski definition) is 1. The van der Waals surface area contributed by atoms with E-state index in [2.05, 4.69) is 22.0 Å². The van der Waals surface area contributed by atoms with Gasteiger partial charge in [0.05, 0.1) is 5.56 Å². The minimum Gasteiger partial charge on any atom is -0.347 e. The Morgan fingerprint density at radius 2 is 1.96 bits per heavy atom. The van der Waals surface area contributed by atoms with Crippen molar-refractivity contribution in [3.63, 3.8) is 0 Å². The fraction of sp³-hybridized carbons (Fsp3) is 0.211. The van der Waals surface area contributed by atoms with Crippen LogP contribution in [0.5, 0.6) is 0 Å². The van der Waals surface area contributed by atoms with E-state index in [9.17, 15) is 13.2 Å². The zero-order chi connectivity index (χ0) is 19.0. The maximum Gasteiger partial charge on any atom is 0.416 e. The van der Waals surface area contributed by atoms with Crippen LogP contribution in [0.4, 0.5) is 18.9 Å². The molecule has 0 unspecified atom stereocenters. The van der Waals surface area contributed by atoms with Gasteiger partial charge in [0.1, 0.15) is 6.04 Å². The van der Waals surface area contributed by atoms with Gasteiger partial charge in [-0.1, -0.05) is 12.1 Å². The molecule has 1 atom stereocenters. The van der Waals surface area contributed by atoms with Crippen LogP contribution in [0.15, 0.2) is 60.1 Å². The van der Waals surface area contributed by atoms with Gasteiger partial charge in [0.25, 0.3) is 0 Å². The third kappa shape index (κ3) is 3.59. The number of nitrogens with zero attached hydrogens (tertiary/aromatic N) is 2. The number of thiocarbonyl (C=S) groups is 1. The predicted octanol–water partition coefficient (Wildman–Crippen LogP) is 5.37. The Morgan fingerprint density at radius 1 is 1.11 bits per heavy atom. The van der Waals surface area contributed by atoms with E-state index in [0.29, 0.717) is 17.3 Å². The molecule has 27 heavy (non-hydrogen) atoms. The van der Waals surface area contributed by atoms with E-state index in [0.717, 1.165) is 29.2 Å². The molecule has 1 N–H and O–H groups in total. The molecule has 140 valence electrons. The van der Waals surface area contributed by atoms with Crippen LogP contribution in [-0.4, -0.2) is 21.1 Å². The van der Waals surface area contributed by atoms with Gasteiger partial charge in [0.2, 0.25) is 0 Å². The van der Waals surface area contributed by atoms with E-state index in [-0.39, 0.29) is 6.04 Å². The average Bonchev–Trinajstić information content (AvgIpc) is 3.32. The summed E-state index contributed by atoms with van der Waals surface area (Å²) in [5.41, 5.74) is 0.759. The van der Waals surface area contributed by atoms with E-state index in [1.807, 2.05) is 28.6 Å². The number of nitrogens with one attached hydrogen (secondary N) is 1. The lowest BCUT2D eigenvalue weighted by molar-refractivity contribution is -0.137. The number of anilines is 1. The first kappa shape index (κ1) is 18.1. The molecular formula is C19H16F3N3S2. The predicted molar refractivity (Wildman–Crippen MR) is 105 cm³/mol. The standard InChI is InChI=1S/C19H16F3N3S2/c20-19(21,22)13-4-1-5-14(12-13)23-18(26)25-10-9-24-8-2-6-15(24)17(25)16-7-3-11-27-16/h1-8,11-12,17H,9-10H2,(H,23,26)/t17-/m0/s1. The summed E-state index contributed by atoms with van der Waals surface area (Å²) in [5, 5.41) is 5.42. The van der Waals surface area contributed by atoms with Crippen molar-refractivity contribution in [1.29, 1.82) is 0 Å². The molecule has 0 spiro atoms. The Hall–Kier alpha value is -2.32. The third-order valence-corrected chi connectivity index (χ3v) is 5.81. The summed E-state index contributed by atoms with van der Waals surface area (Å²) in [7, 11) is 0. The second-order valence-electron chi connectivity index (χ2n) is 6.25. The van der Waals surface area contributed by atoms with E-state index in [1.165, 1.54) is 6.07 Å². The van der Waals surface area contributed by atoms with Crippen LogP contribution in [-0.2, 0) is 12.7 Å². The number of thiophene rings is 1. The molecule has 0 fully saturated rings. The monoisotopic (exact) mass is 407 g/mol. The first-order valence-corrected chi connectivity index (χ1v) is 9.65. The third-order valence-electron chi connectivity index (χ3n) is 4.55. The summed E-state index contributed by atoms with van der Waals surface area (Å²) < 4.78 is 41.1. The van der Waals surface area contributed by atoms with Crippen LogP contribution in [0.3, 0.4) is 0 Å². The summed E-state index contributed by atoms with van der Waals surface area (Å²) >= 11 is 7.21. The van der Waals surface area contributed by atoms with Crippen LogP contribution in [0.2, 0.25) is 0 Å². The fourth-order valence-corrected chi connectivity index (χ4v) is 4.48. The average molecular weight is 407 g/mol. The lowest BCUT2D eigenvalue weighted by atomic mass is 10.1. The van der Waals surface area contributed by atoms with Crippen LogP contribution in [0.25, 0.3) is 0 Å². The van der Waals surface area contributed by atoms with Crippen molar-refractivity contribution in [2.45, 2.75) is 18.8 Å². The number of alkyl halides is 3. The van der Waals surface area contributed by atoms with Gasteiger partial charge in [0, 0.05) is 35.5 Å². The second kappa shape index (κ2) is 7.01. The van der Waals surface area contributed by atoms with Crippen LogP contribution >= 0.6 is 23.6 Å². The first-order chi connectivity index (χ1) is 12.9. The molecule has 4 rings (SSSR count). The highest BCUT2D eigenvalue weighted by Crippen LogP contribution is 2.36. The minimum atomic E-state index is -4.38. The maximum absolute atomic E-state index is 13.0. The van der Waals surface area contributed by atoms with E-state index < -0.39 is 11.7 Å². The van der Waals surface area contributed by atoms with Gasteiger partial charge in [-0.05, 0) is 54.0 Å². The van der Waals surface area contributed by atoms with Crippen molar-refractivity contribution in [2.24, 2.45) is 0 Å². The highest BCUT2D eigenvalue weighted by molar-refractivity contribution is 7.80. The highest BCUT2D eigenvalue weighted by atomic mass is 32.1. The Balaban J connectivity index is 1.62. The molecule has 3 aromatic rings. The topological polar surface area (TPSA) is 20.2 Å². The van der Waals surface area contributed by atoms with E-state index in [4.69, 9.17) is 12.2 Å². The normalized spacial score (nSPS) is 16.9. The van der Waals surface area contributed by atoms with Crippen molar-refractivity contribution >= 4 is 34.4 Å². The summed E-state index contributed by atoms with van der Waals surface area (Å²) in [6.07, 6.45) is -2.35. The van der Waals surface area contributed by atoms with Crippen LogP contribution < -0.4 is 5.32 Å².